The highest BCUT2D eigenvalue weighted by Crippen LogP contribution is 2.48. The van der Waals surface area contributed by atoms with Crippen molar-refractivity contribution in [1.82, 2.24) is 19.5 Å². The van der Waals surface area contributed by atoms with Gasteiger partial charge in [0.1, 0.15) is 11.9 Å². The third-order valence-corrected chi connectivity index (χ3v) is 7.68. The number of hydrogen-bond acceptors (Lipinski definition) is 10. The van der Waals surface area contributed by atoms with Gasteiger partial charge in [0.15, 0.2) is 35.4 Å². The standard InChI is InChI=1S/C25H25ClFN5O6/c1-12(34)36-19-16(8-33)38-23(20(19)37-13(2)35)32-11-28-18-21(29-24(26)30-22(18)32)31-9-25(10-31)7-6-14-4-3-5-15(27)17(14)25/h3-5,11,16,19-20,23,33H,6-10H2,1-2H3/t16-,19+,20?,23-/m1/s1. The van der Waals surface area contributed by atoms with Crippen molar-refractivity contribution in [3.8, 4) is 0 Å². The summed E-state index contributed by atoms with van der Waals surface area (Å²) in [6.07, 6.45) is -0.970. The van der Waals surface area contributed by atoms with Crippen LogP contribution in [0.2, 0.25) is 5.28 Å². The van der Waals surface area contributed by atoms with E-state index in [0.29, 0.717) is 30.1 Å². The first-order chi connectivity index (χ1) is 18.2. The van der Waals surface area contributed by atoms with E-state index >= 15 is 0 Å². The van der Waals surface area contributed by atoms with E-state index in [4.69, 9.17) is 25.8 Å². The van der Waals surface area contributed by atoms with Gasteiger partial charge in [-0.15, -0.1) is 0 Å². The largest absolute Gasteiger partial charge is 0.456 e. The number of halogens is 2. The van der Waals surface area contributed by atoms with Gasteiger partial charge in [-0.3, -0.25) is 14.2 Å². The smallest absolute Gasteiger partial charge is 0.303 e. The third-order valence-electron chi connectivity index (χ3n) is 7.51. The first kappa shape index (κ1) is 25.0. The maximum atomic E-state index is 14.7. The van der Waals surface area contributed by atoms with Crippen molar-refractivity contribution in [2.24, 2.45) is 0 Å². The number of carbonyl (C=O) groups excluding carboxylic acids is 2. The van der Waals surface area contributed by atoms with Crippen LogP contribution < -0.4 is 4.90 Å². The van der Waals surface area contributed by atoms with Gasteiger partial charge in [0.05, 0.1) is 12.9 Å². The van der Waals surface area contributed by atoms with Gasteiger partial charge >= 0.3 is 11.9 Å². The second-order valence-corrected chi connectivity index (χ2v) is 10.3. The second-order valence-electron chi connectivity index (χ2n) is 9.95. The highest BCUT2D eigenvalue weighted by molar-refractivity contribution is 6.28. The van der Waals surface area contributed by atoms with Gasteiger partial charge in [0.2, 0.25) is 5.28 Å². The second kappa shape index (κ2) is 9.14. The average molecular weight is 546 g/mol. The quantitative estimate of drug-likeness (QED) is 0.376. The topological polar surface area (TPSA) is 129 Å². The maximum Gasteiger partial charge on any atom is 0.303 e. The van der Waals surface area contributed by atoms with Crippen LogP contribution in [0.5, 0.6) is 0 Å². The van der Waals surface area contributed by atoms with Gasteiger partial charge in [-0.1, -0.05) is 12.1 Å². The molecule has 3 aromatic rings. The average Bonchev–Trinajstić information content (AvgIpc) is 3.52. The molecule has 2 saturated heterocycles. The van der Waals surface area contributed by atoms with Crippen LogP contribution in [0.4, 0.5) is 10.2 Å². The molecule has 1 spiro atoms. The predicted octanol–water partition coefficient (Wildman–Crippen LogP) is 2.08. The Morgan fingerprint density at radius 1 is 1.21 bits per heavy atom. The molecule has 2 aliphatic heterocycles. The van der Waals surface area contributed by atoms with Crippen LogP contribution in [0.3, 0.4) is 0 Å². The molecule has 0 bridgehead atoms. The molecule has 11 nitrogen and oxygen atoms in total. The third kappa shape index (κ3) is 3.89. The number of carbonyl (C=O) groups is 2. The van der Waals surface area contributed by atoms with E-state index in [9.17, 15) is 19.1 Å². The molecule has 1 unspecified atom stereocenters. The minimum atomic E-state index is -1.08. The first-order valence-electron chi connectivity index (χ1n) is 12.2. The molecular formula is C25H25ClFN5O6. The van der Waals surface area contributed by atoms with E-state index in [-0.39, 0.29) is 16.5 Å². The van der Waals surface area contributed by atoms with Crippen LogP contribution in [-0.2, 0) is 35.6 Å². The lowest BCUT2D eigenvalue weighted by Crippen LogP contribution is -2.59. The van der Waals surface area contributed by atoms with Crippen molar-refractivity contribution in [3.63, 3.8) is 0 Å². The minimum Gasteiger partial charge on any atom is -0.456 e. The highest BCUT2D eigenvalue weighted by atomic mass is 35.5. The number of fused-ring (bicyclic) bond motifs is 3. The molecule has 1 N–H and O–H groups in total. The van der Waals surface area contributed by atoms with Gasteiger partial charge in [0, 0.05) is 37.9 Å². The monoisotopic (exact) mass is 545 g/mol. The molecule has 38 heavy (non-hydrogen) atoms. The van der Waals surface area contributed by atoms with Gasteiger partial charge in [-0.2, -0.15) is 9.97 Å². The van der Waals surface area contributed by atoms with Crippen LogP contribution in [0.1, 0.15) is 37.6 Å². The van der Waals surface area contributed by atoms with E-state index in [0.717, 1.165) is 24.0 Å². The fraction of sp³-hybridized carbons (Fsp3) is 0.480. The molecule has 4 atom stereocenters. The summed E-state index contributed by atoms with van der Waals surface area (Å²) in [5.74, 6) is -0.932. The molecular weight excluding hydrogens is 521 g/mol. The number of hydrogen-bond donors (Lipinski definition) is 1. The van der Waals surface area contributed by atoms with E-state index in [2.05, 4.69) is 15.0 Å². The number of ether oxygens (including phenoxy) is 3. The van der Waals surface area contributed by atoms with E-state index < -0.39 is 43.1 Å². The Balaban J connectivity index is 1.35. The molecule has 6 rings (SSSR count). The fourth-order valence-electron chi connectivity index (χ4n) is 6.03. The Hall–Kier alpha value is -3.35. The summed E-state index contributed by atoms with van der Waals surface area (Å²) in [7, 11) is 0. The number of aromatic nitrogens is 4. The molecule has 1 aromatic carbocycles. The van der Waals surface area contributed by atoms with Gasteiger partial charge < -0.3 is 24.2 Å². The number of benzene rings is 1. The van der Waals surface area contributed by atoms with Crippen molar-refractivity contribution in [1.29, 1.82) is 0 Å². The van der Waals surface area contributed by atoms with Crippen molar-refractivity contribution in [3.05, 3.63) is 46.8 Å². The lowest BCUT2D eigenvalue weighted by atomic mass is 9.74. The van der Waals surface area contributed by atoms with Crippen molar-refractivity contribution >= 4 is 40.5 Å². The van der Waals surface area contributed by atoms with Crippen LogP contribution >= 0.6 is 11.6 Å². The number of esters is 2. The number of aryl methyl sites for hydroxylation is 1. The van der Waals surface area contributed by atoms with Crippen LogP contribution in [0.15, 0.2) is 24.5 Å². The summed E-state index contributed by atoms with van der Waals surface area (Å²) in [6, 6.07) is 5.21. The zero-order valence-electron chi connectivity index (χ0n) is 20.6. The molecule has 13 heteroatoms. The molecule has 2 fully saturated rings. The van der Waals surface area contributed by atoms with Gasteiger partial charge in [-0.05, 0) is 36.1 Å². The SMILES string of the molecule is CC(=O)OC1[C@@H](OC(C)=O)[C@@H](CO)O[C@H]1n1cnc2c(N3CC4(CCc5cccc(F)c54)C3)nc(Cl)nc21. The van der Waals surface area contributed by atoms with Crippen LogP contribution in [0, 0.1) is 5.82 Å². The zero-order chi connectivity index (χ0) is 26.8. The summed E-state index contributed by atoms with van der Waals surface area (Å²) < 4.78 is 33.0. The summed E-state index contributed by atoms with van der Waals surface area (Å²) >= 11 is 6.33. The molecule has 2 aromatic heterocycles. The molecule has 0 radical (unpaired) electrons. The number of aliphatic hydroxyl groups excluding tert-OH is 1. The fourth-order valence-corrected chi connectivity index (χ4v) is 6.19. The van der Waals surface area contributed by atoms with Gasteiger partial charge in [-0.25, -0.2) is 9.37 Å². The molecule has 1 aliphatic carbocycles. The van der Waals surface area contributed by atoms with Crippen molar-refractivity contribution in [2.45, 2.75) is 56.6 Å². The Kier molecular flexibility index (Phi) is 6.00. The summed E-state index contributed by atoms with van der Waals surface area (Å²) in [5.41, 5.74) is 2.25. The lowest BCUT2D eigenvalue weighted by Gasteiger charge is -2.49. The number of imidazole rings is 1. The highest BCUT2D eigenvalue weighted by Gasteiger charge is 2.52. The number of aliphatic hydroxyl groups is 1. The summed E-state index contributed by atoms with van der Waals surface area (Å²) in [5, 5.41) is 9.82. The molecule has 4 heterocycles. The molecule has 3 aliphatic rings. The van der Waals surface area contributed by atoms with E-state index in [1.807, 2.05) is 11.0 Å². The Morgan fingerprint density at radius 3 is 2.66 bits per heavy atom. The Labute approximate surface area is 221 Å². The lowest BCUT2D eigenvalue weighted by molar-refractivity contribution is -0.165. The zero-order valence-corrected chi connectivity index (χ0v) is 21.4. The Morgan fingerprint density at radius 2 is 1.95 bits per heavy atom. The molecule has 0 amide bonds. The predicted molar refractivity (Wildman–Crippen MR) is 131 cm³/mol. The van der Waals surface area contributed by atoms with Crippen molar-refractivity contribution in [2.75, 3.05) is 24.6 Å². The number of nitrogens with zero attached hydrogens (tertiary/aromatic N) is 5. The Bertz CT molecular complexity index is 1440. The normalized spacial score (nSPS) is 25.4. The molecule has 0 saturated carbocycles. The number of anilines is 1. The summed E-state index contributed by atoms with van der Waals surface area (Å²) in [6.45, 7) is 3.06. The van der Waals surface area contributed by atoms with Crippen LogP contribution in [-0.4, -0.2) is 74.6 Å². The molecule has 200 valence electrons. The minimum absolute atomic E-state index is 0.0366. The summed E-state index contributed by atoms with van der Waals surface area (Å²) in [4.78, 5) is 38.9. The van der Waals surface area contributed by atoms with Crippen molar-refractivity contribution < 1.29 is 33.3 Å². The first-order valence-corrected chi connectivity index (χ1v) is 12.6. The van der Waals surface area contributed by atoms with Gasteiger partial charge in [0.25, 0.3) is 0 Å². The van der Waals surface area contributed by atoms with Crippen LogP contribution in [0.25, 0.3) is 11.2 Å². The van der Waals surface area contributed by atoms with E-state index in [1.165, 1.54) is 30.8 Å². The van der Waals surface area contributed by atoms with E-state index in [1.54, 1.807) is 6.07 Å². The maximum absolute atomic E-state index is 14.7. The number of rotatable bonds is 5.